The minimum atomic E-state index is 0. The van der Waals surface area contributed by atoms with E-state index >= 15 is 0 Å². The molecule has 0 aromatic heterocycles. The van der Waals surface area contributed by atoms with Gasteiger partial charge in [0.2, 0.25) is 0 Å². The summed E-state index contributed by atoms with van der Waals surface area (Å²) < 4.78 is 0. The number of halogens is 1. The molecular formula is C12H12ClMgN. The Morgan fingerprint density at radius 3 is 2.40 bits per heavy atom. The Hall–Kier alpha value is -0.574. The number of allylic oxidation sites excluding steroid dienone is 2. The van der Waals surface area contributed by atoms with Gasteiger partial charge in [-0.15, -0.1) is 6.58 Å². The molecule has 15 heavy (non-hydrogen) atoms. The Morgan fingerprint density at radius 1 is 1.27 bits per heavy atom. The van der Waals surface area contributed by atoms with Crippen LogP contribution in [0.25, 0.3) is 11.5 Å². The molecule has 1 aromatic carbocycles. The van der Waals surface area contributed by atoms with Gasteiger partial charge >= 0.3 is 23.1 Å². The van der Waals surface area contributed by atoms with E-state index in [4.69, 9.17) is 0 Å². The second-order valence-corrected chi connectivity index (χ2v) is 2.73. The summed E-state index contributed by atoms with van der Waals surface area (Å²) in [6.07, 6.45) is 5.75. The first-order valence-corrected chi connectivity index (χ1v) is 4.22. The first kappa shape index (κ1) is 16.8. The summed E-state index contributed by atoms with van der Waals surface area (Å²) in [5.41, 5.74) is 1.41. The van der Waals surface area contributed by atoms with Gasteiger partial charge in [-0.25, -0.2) is 0 Å². The van der Waals surface area contributed by atoms with E-state index in [0.29, 0.717) is 12.1 Å². The van der Waals surface area contributed by atoms with Gasteiger partial charge in [0, 0.05) is 0 Å². The Kier molecular flexibility index (Phi) is 11.2. The van der Waals surface area contributed by atoms with Gasteiger partial charge in [0.25, 0.3) is 0 Å². The molecule has 1 rings (SSSR count). The molecule has 0 heterocycles. The summed E-state index contributed by atoms with van der Waals surface area (Å²) in [4.78, 5) is 0. The van der Waals surface area contributed by atoms with E-state index in [1.165, 1.54) is 0 Å². The molecule has 0 fully saturated rings. The van der Waals surface area contributed by atoms with Crippen LogP contribution < -0.4 is 12.4 Å². The van der Waals surface area contributed by atoms with Crippen molar-refractivity contribution < 1.29 is 12.4 Å². The molecule has 1 nitrogen and oxygen atoms in total. The van der Waals surface area contributed by atoms with Gasteiger partial charge in [0.15, 0.2) is 0 Å². The maximum atomic E-state index is 9.27. The predicted molar refractivity (Wildman–Crippen MR) is 64.4 cm³/mol. The Morgan fingerprint density at radius 2 is 1.87 bits per heavy atom. The predicted octanol–water partition coefficient (Wildman–Crippen LogP) is -0.0905. The molecule has 0 unspecified atom stereocenters. The molecule has 3 heteroatoms. The van der Waals surface area contributed by atoms with Crippen LogP contribution >= 0.6 is 0 Å². The smallest absolute Gasteiger partial charge is 1.00 e. The third-order valence-electron chi connectivity index (χ3n) is 1.62. The van der Waals surface area contributed by atoms with Gasteiger partial charge in [-0.05, 0) is 12.0 Å². The van der Waals surface area contributed by atoms with E-state index in [-0.39, 0.29) is 35.5 Å². The van der Waals surface area contributed by atoms with Crippen LogP contribution in [0.5, 0.6) is 0 Å². The third-order valence-corrected chi connectivity index (χ3v) is 1.62. The summed E-state index contributed by atoms with van der Waals surface area (Å²) in [5, 5.41) is 9.27. The number of hydrogen-bond donors (Lipinski definition) is 0. The van der Waals surface area contributed by atoms with Crippen LogP contribution in [0.4, 0.5) is 0 Å². The number of nitrogens with zero attached hydrogens (tertiary/aromatic N) is 1. The summed E-state index contributed by atoms with van der Waals surface area (Å²) in [7, 11) is 0. The summed E-state index contributed by atoms with van der Waals surface area (Å²) >= 11 is 0. The minimum absolute atomic E-state index is 0. The minimum Gasteiger partial charge on any atom is -1.00 e. The fraction of sp³-hybridized carbons (Fsp3) is 0.0833. The van der Waals surface area contributed by atoms with Gasteiger partial charge in [-0.1, -0.05) is 48.6 Å². The van der Waals surface area contributed by atoms with Crippen molar-refractivity contribution in [3.8, 4) is 0 Å². The molecule has 0 amide bonds. The van der Waals surface area contributed by atoms with Gasteiger partial charge in [-0.2, -0.15) is 5.71 Å². The second-order valence-electron chi connectivity index (χ2n) is 2.73. The molecule has 0 aliphatic rings. The van der Waals surface area contributed by atoms with Gasteiger partial charge < -0.3 is 17.8 Å². The van der Waals surface area contributed by atoms with Crippen LogP contribution in [0.1, 0.15) is 12.0 Å². The SMILES string of the molecule is C=CCC(=[N-])/C=C/c1ccccc1.[Cl-].[Mg+2]. The molecule has 0 N–H and O–H groups in total. The van der Waals surface area contributed by atoms with E-state index in [9.17, 15) is 5.41 Å². The van der Waals surface area contributed by atoms with Crippen molar-refractivity contribution in [3.63, 3.8) is 0 Å². The largest absolute Gasteiger partial charge is 2.00 e. The van der Waals surface area contributed by atoms with Crippen molar-refractivity contribution in [2.24, 2.45) is 0 Å². The van der Waals surface area contributed by atoms with Gasteiger partial charge in [0.05, 0.1) is 0 Å². The zero-order valence-electron chi connectivity index (χ0n) is 8.57. The fourth-order valence-electron chi connectivity index (χ4n) is 0.972. The molecule has 0 atom stereocenters. The molecule has 0 saturated carbocycles. The Balaban J connectivity index is 0. The van der Waals surface area contributed by atoms with Crippen molar-refractivity contribution >= 4 is 34.8 Å². The summed E-state index contributed by atoms with van der Waals surface area (Å²) in [6.45, 7) is 3.54. The first-order valence-electron chi connectivity index (χ1n) is 4.22. The quantitative estimate of drug-likeness (QED) is 0.392. The molecule has 74 valence electrons. The Bertz CT molecular complexity index is 320. The zero-order chi connectivity index (χ0) is 9.52. The van der Waals surface area contributed by atoms with E-state index in [0.717, 1.165) is 5.56 Å². The van der Waals surface area contributed by atoms with E-state index in [2.05, 4.69) is 6.58 Å². The molecular weight excluding hydrogens is 218 g/mol. The van der Waals surface area contributed by atoms with E-state index in [1.807, 2.05) is 36.4 Å². The number of benzene rings is 1. The van der Waals surface area contributed by atoms with Crippen LogP contribution in [0.3, 0.4) is 0 Å². The van der Waals surface area contributed by atoms with Gasteiger partial charge in [0.1, 0.15) is 0 Å². The summed E-state index contributed by atoms with van der Waals surface area (Å²) in [5.74, 6) is 0. The van der Waals surface area contributed by atoms with Crippen LogP contribution in [-0.4, -0.2) is 28.8 Å². The number of rotatable bonds is 4. The average molecular weight is 230 g/mol. The topological polar surface area (TPSA) is 22.3 Å². The molecule has 0 aliphatic heterocycles. The monoisotopic (exact) mass is 229 g/mol. The molecule has 0 spiro atoms. The van der Waals surface area contributed by atoms with Crippen molar-refractivity contribution in [2.45, 2.75) is 6.42 Å². The van der Waals surface area contributed by atoms with Crippen molar-refractivity contribution in [2.75, 3.05) is 0 Å². The van der Waals surface area contributed by atoms with Crippen molar-refractivity contribution in [3.05, 3.63) is 60.0 Å². The van der Waals surface area contributed by atoms with Crippen LogP contribution in [-0.2, 0) is 0 Å². The molecule has 0 saturated heterocycles. The standard InChI is InChI=1S/C12H12N.ClH.Mg/c1-2-6-12(13)10-9-11-7-4-3-5-8-11;;/h2-5,7-10H,1,6H2;1H;/q-1;;+2/p-1/b10-9+;;. The van der Waals surface area contributed by atoms with Crippen LogP contribution in [0, 0.1) is 0 Å². The van der Waals surface area contributed by atoms with Gasteiger partial charge in [-0.3, -0.25) is 0 Å². The molecule has 1 aromatic rings. The maximum Gasteiger partial charge on any atom is 2.00 e. The van der Waals surface area contributed by atoms with E-state index in [1.54, 1.807) is 12.2 Å². The average Bonchev–Trinajstić information content (AvgIpc) is 2.17. The Labute approximate surface area is 113 Å². The molecule has 0 bridgehead atoms. The normalized spacial score (nSPS) is 8.80. The summed E-state index contributed by atoms with van der Waals surface area (Å²) in [6, 6.07) is 9.86. The van der Waals surface area contributed by atoms with E-state index < -0.39 is 0 Å². The zero-order valence-corrected chi connectivity index (χ0v) is 10.7. The molecule has 0 aliphatic carbocycles. The van der Waals surface area contributed by atoms with Crippen LogP contribution in [0.15, 0.2) is 49.1 Å². The second kappa shape index (κ2) is 9.96. The molecule has 0 radical (unpaired) electrons. The van der Waals surface area contributed by atoms with Crippen molar-refractivity contribution in [1.29, 1.82) is 0 Å². The van der Waals surface area contributed by atoms with Crippen molar-refractivity contribution in [1.82, 2.24) is 0 Å². The fourth-order valence-corrected chi connectivity index (χ4v) is 0.972. The third kappa shape index (κ3) is 7.37. The maximum absolute atomic E-state index is 9.27. The number of hydrogen-bond acceptors (Lipinski definition) is 0. The van der Waals surface area contributed by atoms with Crippen LogP contribution in [0.2, 0.25) is 0 Å². The first-order chi connectivity index (χ1) is 6.33.